The molecule has 0 amide bonds. The summed E-state index contributed by atoms with van der Waals surface area (Å²) in [6.45, 7) is 4.17. The van der Waals surface area contributed by atoms with Gasteiger partial charge >= 0.3 is 0 Å². The van der Waals surface area contributed by atoms with E-state index in [4.69, 9.17) is 17.3 Å². The molecule has 0 bridgehead atoms. The van der Waals surface area contributed by atoms with Crippen LogP contribution in [0, 0.1) is 13.8 Å². The van der Waals surface area contributed by atoms with Crippen molar-refractivity contribution in [2.45, 2.75) is 24.9 Å². The molecule has 0 saturated heterocycles. The number of pyridine rings is 1. The SMILES string of the molecule is Cc1ccc(C)c(C(N)CSc2ncccc2Cl)c1. The largest absolute Gasteiger partial charge is 0.323 e. The fourth-order valence-corrected chi connectivity index (χ4v) is 3.04. The highest BCUT2D eigenvalue weighted by Crippen LogP contribution is 2.28. The Morgan fingerprint density at radius 2 is 2.11 bits per heavy atom. The molecule has 0 aliphatic heterocycles. The second kappa shape index (κ2) is 6.42. The lowest BCUT2D eigenvalue weighted by atomic mass is 10.0. The van der Waals surface area contributed by atoms with Crippen LogP contribution in [-0.4, -0.2) is 10.7 Å². The predicted molar refractivity (Wildman–Crippen MR) is 82.8 cm³/mol. The van der Waals surface area contributed by atoms with E-state index in [2.05, 4.69) is 37.0 Å². The van der Waals surface area contributed by atoms with Gasteiger partial charge in [0.1, 0.15) is 5.03 Å². The molecule has 4 heteroatoms. The normalized spacial score (nSPS) is 12.4. The number of thioether (sulfide) groups is 1. The molecular weight excluding hydrogens is 276 g/mol. The first-order valence-corrected chi connectivity index (χ1v) is 7.50. The summed E-state index contributed by atoms with van der Waals surface area (Å²) in [5.74, 6) is 0.765. The molecule has 1 atom stereocenters. The minimum absolute atomic E-state index is 0.0111. The summed E-state index contributed by atoms with van der Waals surface area (Å²) in [6, 6.07) is 10.0. The van der Waals surface area contributed by atoms with Gasteiger partial charge < -0.3 is 5.73 Å². The lowest BCUT2D eigenvalue weighted by molar-refractivity contribution is 0.820. The second-order valence-corrected chi connectivity index (χ2v) is 5.98. The van der Waals surface area contributed by atoms with E-state index in [0.29, 0.717) is 5.02 Å². The van der Waals surface area contributed by atoms with E-state index in [1.807, 2.05) is 12.1 Å². The molecule has 1 aromatic heterocycles. The number of hydrogen-bond donors (Lipinski definition) is 1. The average Bonchev–Trinajstić information content (AvgIpc) is 2.40. The van der Waals surface area contributed by atoms with Gasteiger partial charge in [-0.3, -0.25) is 0 Å². The van der Waals surface area contributed by atoms with E-state index in [1.165, 1.54) is 16.7 Å². The van der Waals surface area contributed by atoms with Crippen molar-refractivity contribution in [1.82, 2.24) is 4.98 Å². The number of benzene rings is 1. The average molecular weight is 293 g/mol. The maximum atomic E-state index is 6.27. The first-order valence-electron chi connectivity index (χ1n) is 6.14. The molecule has 0 radical (unpaired) electrons. The summed E-state index contributed by atoms with van der Waals surface area (Å²) in [5.41, 5.74) is 9.93. The number of hydrogen-bond acceptors (Lipinski definition) is 3. The monoisotopic (exact) mass is 292 g/mol. The van der Waals surface area contributed by atoms with Gasteiger partial charge in [0.05, 0.1) is 5.02 Å². The van der Waals surface area contributed by atoms with Gasteiger partial charge in [-0.25, -0.2) is 4.98 Å². The number of aromatic nitrogens is 1. The Labute approximate surface area is 123 Å². The summed E-state index contributed by atoms with van der Waals surface area (Å²) in [6.07, 6.45) is 1.75. The number of nitrogens with zero attached hydrogens (tertiary/aromatic N) is 1. The number of rotatable bonds is 4. The summed E-state index contributed by atoms with van der Waals surface area (Å²) < 4.78 is 0. The van der Waals surface area contributed by atoms with Crippen LogP contribution in [0.1, 0.15) is 22.7 Å². The molecule has 19 heavy (non-hydrogen) atoms. The van der Waals surface area contributed by atoms with Crippen LogP contribution in [0.25, 0.3) is 0 Å². The van der Waals surface area contributed by atoms with Gasteiger partial charge in [0.25, 0.3) is 0 Å². The summed E-state index contributed by atoms with van der Waals surface area (Å²) in [5, 5.41) is 1.52. The van der Waals surface area contributed by atoms with Gasteiger partial charge in [-0.2, -0.15) is 0 Å². The fourth-order valence-electron chi connectivity index (χ4n) is 1.90. The molecular formula is C15H17ClN2S. The summed E-state index contributed by atoms with van der Waals surface area (Å²) in [4.78, 5) is 4.26. The number of nitrogens with two attached hydrogens (primary N) is 1. The third-order valence-corrected chi connectivity index (χ3v) is 4.50. The Morgan fingerprint density at radius 1 is 1.32 bits per heavy atom. The molecule has 2 N–H and O–H groups in total. The molecule has 0 fully saturated rings. The highest BCUT2D eigenvalue weighted by molar-refractivity contribution is 7.99. The Balaban J connectivity index is 2.07. The van der Waals surface area contributed by atoms with Gasteiger partial charge in [0.15, 0.2) is 0 Å². The molecule has 0 aliphatic carbocycles. The van der Waals surface area contributed by atoms with Crippen LogP contribution in [-0.2, 0) is 0 Å². The van der Waals surface area contributed by atoms with Crippen molar-refractivity contribution < 1.29 is 0 Å². The smallest absolute Gasteiger partial charge is 0.115 e. The lowest BCUT2D eigenvalue weighted by Gasteiger charge is -2.15. The minimum Gasteiger partial charge on any atom is -0.323 e. The van der Waals surface area contributed by atoms with Gasteiger partial charge in [-0.15, -0.1) is 11.8 Å². The van der Waals surface area contributed by atoms with Crippen LogP contribution in [0.5, 0.6) is 0 Å². The van der Waals surface area contributed by atoms with E-state index in [9.17, 15) is 0 Å². The van der Waals surface area contributed by atoms with Crippen LogP contribution >= 0.6 is 23.4 Å². The zero-order valence-electron chi connectivity index (χ0n) is 11.1. The van der Waals surface area contributed by atoms with Gasteiger partial charge in [-0.05, 0) is 37.1 Å². The van der Waals surface area contributed by atoms with Crippen LogP contribution < -0.4 is 5.73 Å². The molecule has 1 aromatic carbocycles. The minimum atomic E-state index is -0.0111. The van der Waals surface area contributed by atoms with Gasteiger partial charge in [0, 0.05) is 18.0 Å². The molecule has 100 valence electrons. The highest BCUT2D eigenvalue weighted by atomic mass is 35.5. The van der Waals surface area contributed by atoms with E-state index in [-0.39, 0.29) is 6.04 Å². The predicted octanol–water partition coefficient (Wildman–Crippen LogP) is 4.14. The maximum absolute atomic E-state index is 6.27. The number of halogens is 1. The van der Waals surface area contributed by atoms with E-state index in [1.54, 1.807) is 18.0 Å². The maximum Gasteiger partial charge on any atom is 0.115 e. The molecule has 2 nitrogen and oxygen atoms in total. The third-order valence-electron chi connectivity index (χ3n) is 2.96. The molecule has 0 aliphatic rings. The quantitative estimate of drug-likeness (QED) is 0.861. The Hall–Kier alpha value is -1.03. The van der Waals surface area contributed by atoms with E-state index in [0.717, 1.165) is 10.8 Å². The van der Waals surface area contributed by atoms with Crippen LogP contribution in [0.3, 0.4) is 0 Å². The topological polar surface area (TPSA) is 38.9 Å². The Bertz CT molecular complexity index is 572. The van der Waals surface area contributed by atoms with E-state index >= 15 is 0 Å². The van der Waals surface area contributed by atoms with Crippen molar-refractivity contribution in [3.63, 3.8) is 0 Å². The van der Waals surface area contributed by atoms with Crippen molar-refractivity contribution in [3.8, 4) is 0 Å². The standard InChI is InChI=1S/C15H17ClN2S/c1-10-5-6-11(2)12(8-10)14(17)9-19-15-13(16)4-3-7-18-15/h3-8,14H,9,17H2,1-2H3. The molecule has 1 unspecified atom stereocenters. The van der Waals surface area contributed by atoms with Crippen LogP contribution in [0.2, 0.25) is 5.02 Å². The van der Waals surface area contributed by atoms with Crippen molar-refractivity contribution >= 4 is 23.4 Å². The Kier molecular flexibility index (Phi) is 4.86. The van der Waals surface area contributed by atoms with Crippen LogP contribution in [0.15, 0.2) is 41.6 Å². The van der Waals surface area contributed by atoms with Crippen molar-refractivity contribution in [1.29, 1.82) is 0 Å². The van der Waals surface area contributed by atoms with Gasteiger partial charge in [-0.1, -0.05) is 35.4 Å². The Morgan fingerprint density at radius 3 is 2.84 bits per heavy atom. The third kappa shape index (κ3) is 3.72. The van der Waals surface area contributed by atoms with Gasteiger partial charge in [0.2, 0.25) is 0 Å². The molecule has 0 saturated carbocycles. The van der Waals surface area contributed by atoms with Crippen molar-refractivity contribution in [3.05, 3.63) is 58.2 Å². The summed E-state index contributed by atoms with van der Waals surface area (Å²) in [7, 11) is 0. The zero-order valence-corrected chi connectivity index (χ0v) is 12.6. The number of aryl methyl sites for hydroxylation is 2. The first kappa shape index (κ1) is 14.4. The first-order chi connectivity index (χ1) is 9.08. The lowest BCUT2D eigenvalue weighted by Crippen LogP contribution is -2.14. The molecule has 2 rings (SSSR count). The van der Waals surface area contributed by atoms with E-state index < -0.39 is 0 Å². The van der Waals surface area contributed by atoms with Crippen LogP contribution in [0.4, 0.5) is 0 Å². The molecule has 1 heterocycles. The van der Waals surface area contributed by atoms with Crippen molar-refractivity contribution in [2.24, 2.45) is 5.73 Å². The van der Waals surface area contributed by atoms with Crippen molar-refractivity contribution in [2.75, 3.05) is 5.75 Å². The zero-order chi connectivity index (χ0) is 13.8. The summed E-state index contributed by atoms with van der Waals surface area (Å²) >= 11 is 7.68. The second-order valence-electron chi connectivity index (χ2n) is 4.57. The molecule has 0 spiro atoms. The highest BCUT2D eigenvalue weighted by Gasteiger charge is 2.11. The molecule has 2 aromatic rings. The fraction of sp³-hybridized carbons (Fsp3) is 0.267.